The highest BCUT2D eigenvalue weighted by Gasteiger charge is 2.21. The predicted octanol–water partition coefficient (Wildman–Crippen LogP) is 3.07. The number of nitrogens with zero attached hydrogens (tertiary/aromatic N) is 1. The third-order valence-electron chi connectivity index (χ3n) is 3.82. The Kier molecular flexibility index (Phi) is 4.56. The van der Waals surface area contributed by atoms with Crippen LogP contribution < -0.4 is 5.32 Å². The number of para-hydroxylation sites is 1. The van der Waals surface area contributed by atoms with Gasteiger partial charge in [0.15, 0.2) is 6.61 Å². The molecular formula is C18H18N2O5. The molecule has 0 saturated carbocycles. The monoisotopic (exact) mass is 342 g/mol. The largest absolute Gasteiger partial charge is 0.459 e. The first-order valence-electron chi connectivity index (χ1n) is 7.83. The highest BCUT2D eigenvalue weighted by atomic mass is 16.5. The number of rotatable bonds is 5. The molecule has 7 nitrogen and oxygen atoms in total. The summed E-state index contributed by atoms with van der Waals surface area (Å²) in [6, 6.07) is 9.11. The van der Waals surface area contributed by atoms with Crippen LogP contribution in [0.5, 0.6) is 0 Å². The van der Waals surface area contributed by atoms with Crippen LogP contribution in [-0.2, 0) is 9.53 Å². The zero-order chi connectivity index (χ0) is 18.0. The van der Waals surface area contributed by atoms with Gasteiger partial charge in [-0.3, -0.25) is 4.79 Å². The first-order valence-corrected chi connectivity index (χ1v) is 7.83. The average molecular weight is 342 g/mol. The van der Waals surface area contributed by atoms with Crippen molar-refractivity contribution in [2.45, 2.75) is 26.8 Å². The van der Waals surface area contributed by atoms with Crippen LogP contribution in [0.3, 0.4) is 0 Å². The Morgan fingerprint density at radius 3 is 2.72 bits per heavy atom. The Balaban J connectivity index is 1.57. The third-order valence-corrected chi connectivity index (χ3v) is 3.82. The van der Waals surface area contributed by atoms with E-state index in [-0.39, 0.29) is 11.6 Å². The van der Waals surface area contributed by atoms with Crippen molar-refractivity contribution < 1.29 is 23.3 Å². The molecule has 0 fully saturated rings. The maximum Gasteiger partial charge on any atom is 0.344 e. The van der Waals surface area contributed by atoms with Gasteiger partial charge in [-0.25, -0.2) is 4.79 Å². The maximum atomic E-state index is 12.0. The second-order valence-corrected chi connectivity index (χ2v) is 5.75. The van der Waals surface area contributed by atoms with Crippen molar-refractivity contribution in [2.24, 2.45) is 0 Å². The standard InChI is InChI=1S/C18H18N2O5/c1-10(15-8-13-6-4-5-7-14(13)24-15)19-16(21)9-23-18(22)17-11(2)20-25-12(17)3/h4-8,10H,9H2,1-3H3,(H,19,21). The molecule has 0 aliphatic heterocycles. The molecular weight excluding hydrogens is 324 g/mol. The van der Waals surface area contributed by atoms with Crippen molar-refractivity contribution in [3.8, 4) is 0 Å². The lowest BCUT2D eigenvalue weighted by atomic mass is 10.2. The van der Waals surface area contributed by atoms with Crippen molar-refractivity contribution in [3.05, 3.63) is 53.1 Å². The SMILES string of the molecule is Cc1noc(C)c1C(=O)OCC(=O)NC(C)c1cc2ccccc2o1. The number of amides is 1. The van der Waals surface area contributed by atoms with Gasteiger partial charge in [-0.15, -0.1) is 0 Å². The second-order valence-electron chi connectivity index (χ2n) is 5.75. The van der Waals surface area contributed by atoms with E-state index in [4.69, 9.17) is 13.7 Å². The van der Waals surface area contributed by atoms with Crippen molar-refractivity contribution in [1.29, 1.82) is 0 Å². The average Bonchev–Trinajstić information content (AvgIpc) is 3.16. The van der Waals surface area contributed by atoms with Crippen molar-refractivity contribution in [3.63, 3.8) is 0 Å². The first kappa shape index (κ1) is 16.8. The molecule has 1 unspecified atom stereocenters. The van der Waals surface area contributed by atoms with Crippen molar-refractivity contribution in [2.75, 3.05) is 6.61 Å². The molecule has 130 valence electrons. The Hall–Kier alpha value is -3.09. The number of carbonyl (C=O) groups is 2. The van der Waals surface area contributed by atoms with Gasteiger partial charge < -0.3 is 19.0 Å². The number of hydrogen-bond donors (Lipinski definition) is 1. The van der Waals surface area contributed by atoms with Crippen LogP contribution >= 0.6 is 0 Å². The number of ether oxygens (including phenoxy) is 1. The van der Waals surface area contributed by atoms with Gasteiger partial charge >= 0.3 is 5.97 Å². The van der Waals surface area contributed by atoms with E-state index >= 15 is 0 Å². The van der Waals surface area contributed by atoms with E-state index in [1.165, 1.54) is 0 Å². The first-order chi connectivity index (χ1) is 12.0. The number of nitrogens with one attached hydrogen (secondary N) is 1. The highest BCUT2D eigenvalue weighted by molar-refractivity contribution is 5.93. The van der Waals surface area contributed by atoms with Gasteiger partial charge in [0, 0.05) is 5.39 Å². The molecule has 1 N–H and O–H groups in total. The van der Waals surface area contributed by atoms with E-state index < -0.39 is 18.5 Å². The molecule has 0 aliphatic rings. The van der Waals surface area contributed by atoms with Crippen LogP contribution in [0, 0.1) is 13.8 Å². The summed E-state index contributed by atoms with van der Waals surface area (Å²) >= 11 is 0. The molecule has 0 radical (unpaired) electrons. The van der Waals surface area contributed by atoms with Gasteiger partial charge in [0.1, 0.15) is 22.7 Å². The number of esters is 1. The molecule has 3 rings (SSSR count). The molecule has 2 aromatic heterocycles. The summed E-state index contributed by atoms with van der Waals surface area (Å²) in [5, 5.41) is 7.38. The zero-order valence-corrected chi connectivity index (χ0v) is 14.2. The van der Waals surface area contributed by atoms with E-state index in [1.54, 1.807) is 20.8 Å². The number of furan rings is 1. The van der Waals surface area contributed by atoms with Gasteiger partial charge in [-0.05, 0) is 32.9 Å². The van der Waals surface area contributed by atoms with E-state index in [9.17, 15) is 9.59 Å². The Morgan fingerprint density at radius 1 is 1.28 bits per heavy atom. The second kappa shape index (κ2) is 6.80. The molecule has 1 atom stereocenters. The van der Waals surface area contributed by atoms with Crippen LogP contribution in [-0.4, -0.2) is 23.6 Å². The van der Waals surface area contributed by atoms with Crippen molar-refractivity contribution >= 4 is 22.8 Å². The van der Waals surface area contributed by atoms with Crippen LogP contribution in [0.15, 0.2) is 39.3 Å². The molecule has 1 amide bonds. The number of aromatic nitrogens is 1. The molecule has 0 bridgehead atoms. The lowest BCUT2D eigenvalue weighted by Crippen LogP contribution is -2.31. The van der Waals surface area contributed by atoms with Crippen LogP contribution in [0.25, 0.3) is 11.0 Å². The van der Waals surface area contributed by atoms with E-state index in [0.717, 1.165) is 11.0 Å². The molecule has 0 saturated heterocycles. The maximum absolute atomic E-state index is 12.0. The smallest absolute Gasteiger partial charge is 0.344 e. The minimum atomic E-state index is -0.636. The van der Waals surface area contributed by atoms with Crippen LogP contribution in [0.4, 0.5) is 0 Å². The quantitative estimate of drug-likeness (QED) is 0.716. The summed E-state index contributed by atoms with van der Waals surface area (Å²) in [5.41, 5.74) is 1.43. The predicted molar refractivity (Wildman–Crippen MR) is 89.0 cm³/mol. The molecule has 2 heterocycles. The van der Waals surface area contributed by atoms with Gasteiger partial charge in [-0.1, -0.05) is 23.4 Å². The van der Waals surface area contributed by atoms with Crippen molar-refractivity contribution in [1.82, 2.24) is 10.5 Å². The fourth-order valence-electron chi connectivity index (χ4n) is 2.55. The lowest BCUT2D eigenvalue weighted by molar-refractivity contribution is -0.125. The number of benzene rings is 1. The van der Waals surface area contributed by atoms with Gasteiger partial charge in [0.25, 0.3) is 5.91 Å². The molecule has 25 heavy (non-hydrogen) atoms. The van der Waals surface area contributed by atoms with Gasteiger partial charge in [0.05, 0.1) is 11.7 Å². The minimum Gasteiger partial charge on any atom is -0.459 e. The van der Waals surface area contributed by atoms with E-state index in [1.807, 2.05) is 30.3 Å². The molecule has 1 aromatic carbocycles. The molecule has 7 heteroatoms. The molecule has 3 aromatic rings. The molecule has 0 spiro atoms. The topological polar surface area (TPSA) is 94.6 Å². The normalized spacial score (nSPS) is 12.1. The number of fused-ring (bicyclic) bond motifs is 1. The summed E-state index contributed by atoms with van der Waals surface area (Å²) in [6.07, 6.45) is 0. The summed E-state index contributed by atoms with van der Waals surface area (Å²) in [5.74, 6) is -0.0685. The summed E-state index contributed by atoms with van der Waals surface area (Å²) in [4.78, 5) is 24.0. The third kappa shape index (κ3) is 3.55. The van der Waals surface area contributed by atoms with E-state index in [0.29, 0.717) is 17.2 Å². The van der Waals surface area contributed by atoms with Gasteiger partial charge in [0.2, 0.25) is 0 Å². The summed E-state index contributed by atoms with van der Waals surface area (Å²) < 4.78 is 15.6. The Morgan fingerprint density at radius 2 is 2.04 bits per heavy atom. The fourth-order valence-corrected chi connectivity index (χ4v) is 2.55. The summed E-state index contributed by atoms with van der Waals surface area (Å²) in [6.45, 7) is 4.65. The highest BCUT2D eigenvalue weighted by Crippen LogP contribution is 2.23. The number of carbonyl (C=O) groups excluding carboxylic acids is 2. The van der Waals surface area contributed by atoms with Gasteiger partial charge in [-0.2, -0.15) is 0 Å². The zero-order valence-electron chi connectivity index (χ0n) is 14.2. The van der Waals surface area contributed by atoms with E-state index in [2.05, 4.69) is 10.5 Å². The summed E-state index contributed by atoms with van der Waals surface area (Å²) in [7, 11) is 0. The minimum absolute atomic E-state index is 0.248. The lowest BCUT2D eigenvalue weighted by Gasteiger charge is -2.11. The molecule has 0 aliphatic carbocycles. The number of aryl methyl sites for hydroxylation is 2. The van der Waals surface area contributed by atoms with Crippen LogP contribution in [0.1, 0.15) is 40.5 Å². The number of hydrogen-bond acceptors (Lipinski definition) is 6. The fraction of sp³-hybridized carbons (Fsp3) is 0.278. The van der Waals surface area contributed by atoms with Crippen LogP contribution in [0.2, 0.25) is 0 Å². The Bertz CT molecular complexity index is 872. The Labute approximate surface area is 143 Å².